The second kappa shape index (κ2) is 7.69. The Hall–Kier alpha value is 0.310. The SMILES string of the molecule is CCSCCCC(C)(C)CCNC. The molecular formula is C11H25NS. The Kier molecular flexibility index (Phi) is 7.87. The predicted octanol–water partition coefficient (Wildman–Crippen LogP) is 3.16. The highest BCUT2D eigenvalue weighted by atomic mass is 32.2. The molecule has 80 valence electrons. The third-order valence-corrected chi connectivity index (χ3v) is 3.38. The van der Waals surface area contributed by atoms with Crippen molar-refractivity contribution in [3.05, 3.63) is 0 Å². The van der Waals surface area contributed by atoms with E-state index in [1.807, 2.05) is 7.05 Å². The van der Waals surface area contributed by atoms with Gasteiger partial charge in [0.2, 0.25) is 0 Å². The second-order valence-electron chi connectivity index (χ2n) is 4.32. The van der Waals surface area contributed by atoms with E-state index in [2.05, 4.69) is 37.8 Å². The molecule has 0 aliphatic heterocycles. The van der Waals surface area contributed by atoms with Crippen LogP contribution in [0.25, 0.3) is 0 Å². The fourth-order valence-electron chi connectivity index (χ4n) is 1.39. The molecule has 0 rings (SSSR count). The molecular weight excluding hydrogens is 178 g/mol. The Morgan fingerprint density at radius 3 is 2.46 bits per heavy atom. The normalized spacial score (nSPS) is 12.0. The van der Waals surface area contributed by atoms with Crippen molar-refractivity contribution >= 4 is 11.8 Å². The number of hydrogen-bond acceptors (Lipinski definition) is 2. The van der Waals surface area contributed by atoms with Crippen molar-refractivity contribution in [1.29, 1.82) is 0 Å². The second-order valence-corrected chi connectivity index (χ2v) is 5.71. The fourth-order valence-corrected chi connectivity index (χ4v) is 2.02. The quantitative estimate of drug-likeness (QED) is 0.608. The van der Waals surface area contributed by atoms with Gasteiger partial charge in [0.1, 0.15) is 0 Å². The topological polar surface area (TPSA) is 12.0 Å². The Labute approximate surface area is 88.1 Å². The van der Waals surface area contributed by atoms with E-state index in [9.17, 15) is 0 Å². The average molecular weight is 203 g/mol. The van der Waals surface area contributed by atoms with Gasteiger partial charge >= 0.3 is 0 Å². The van der Waals surface area contributed by atoms with Crippen LogP contribution in [0.15, 0.2) is 0 Å². The smallest absolute Gasteiger partial charge is 0.00468 e. The highest BCUT2D eigenvalue weighted by molar-refractivity contribution is 7.99. The Morgan fingerprint density at radius 1 is 1.23 bits per heavy atom. The standard InChI is InChI=1S/C11H25NS/c1-5-13-10-6-7-11(2,3)8-9-12-4/h12H,5-10H2,1-4H3. The van der Waals surface area contributed by atoms with E-state index in [-0.39, 0.29) is 0 Å². The summed E-state index contributed by atoms with van der Waals surface area (Å²) in [7, 11) is 2.03. The predicted molar refractivity (Wildman–Crippen MR) is 64.6 cm³/mol. The van der Waals surface area contributed by atoms with E-state index in [1.165, 1.54) is 30.8 Å². The van der Waals surface area contributed by atoms with Gasteiger partial charge in [0.15, 0.2) is 0 Å². The largest absolute Gasteiger partial charge is 0.320 e. The molecule has 0 aliphatic rings. The van der Waals surface area contributed by atoms with Gasteiger partial charge in [-0.1, -0.05) is 20.8 Å². The molecule has 0 saturated carbocycles. The van der Waals surface area contributed by atoms with Gasteiger partial charge in [-0.2, -0.15) is 11.8 Å². The van der Waals surface area contributed by atoms with E-state index < -0.39 is 0 Å². The molecule has 2 heteroatoms. The summed E-state index contributed by atoms with van der Waals surface area (Å²) in [5, 5.41) is 3.22. The Morgan fingerprint density at radius 2 is 1.92 bits per heavy atom. The van der Waals surface area contributed by atoms with Crippen LogP contribution in [0.3, 0.4) is 0 Å². The molecule has 0 aliphatic carbocycles. The van der Waals surface area contributed by atoms with E-state index in [0.717, 1.165) is 6.54 Å². The van der Waals surface area contributed by atoms with Crippen molar-refractivity contribution in [3.63, 3.8) is 0 Å². The van der Waals surface area contributed by atoms with E-state index >= 15 is 0 Å². The lowest BCUT2D eigenvalue weighted by Gasteiger charge is -2.24. The fraction of sp³-hybridized carbons (Fsp3) is 1.00. The third-order valence-electron chi connectivity index (χ3n) is 2.40. The van der Waals surface area contributed by atoms with E-state index in [4.69, 9.17) is 0 Å². The van der Waals surface area contributed by atoms with Crippen molar-refractivity contribution in [1.82, 2.24) is 5.32 Å². The third kappa shape index (κ3) is 8.63. The molecule has 0 aromatic carbocycles. The van der Waals surface area contributed by atoms with Crippen LogP contribution in [-0.2, 0) is 0 Å². The van der Waals surface area contributed by atoms with Crippen molar-refractivity contribution in [2.75, 3.05) is 25.1 Å². The minimum absolute atomic E-state index is 0.525. The molecule has 0 saturated heterocycles. The maximum absolute atomic E-state index is 3.22. The molecule has 0 radical (unpaired) electrons. The average Bonchev–Trinajstić information content (AvgIpc) is 2.09. The zero-order valence-corrected chi connectivity index (χ0v) is 10.5. The van der Waals surface area contributed by atoms with Gasteiger partial charge in [-0.05, 0) is 49.8 Å². The highest BCUT2D eigenvalue weighted by Crippen LogP contribution is 2.26. The van der Waals surface area contributed by atoms with Gasteiger partial charge in [-0.25, -0.2) is 0 Å². The van der Waals surface area contributed by atoms with Crippen LogP contribution in [0.2, 0.25) is 0 Å². The molecule has 0 spiro atoms. The van der Waals surface area contributed by atoms with Crippen molar-refractivity contribution in [2.24, 2.45) is 5.41 Å². The highest BCUT2D eigenvalue weighted by Gasteiger charge is 2.15. The first-order chi connectivity index (χ1) is 6.12. The Bertz CT molecular complexity index is 113. The summed E-state index contributed by atoms with van der Waals surface area (Å²) in [4.78, 5) is 0. The van der Waals surface area contributed by atoms with Crippen LogP contribution < -0.4 is 5.32 Å². The first-order valence-corrected chi connectivity index (χ1v) is 6.50. The van der Waals surface area contributed by atoms with Crippen LogP contribution in [0, 0.1) is 5.41 Å². The molecule has 0 amide bonds. The lowest BCUT2D eigenvalue weighted by molar-refractivity contribution is 0.303. The van der Waals surface area contributed by atoms with Gasteiger partial charge in [0, 0.05) is 0 Å². The zero-order chi connectivity index (χ0) is 10.2. The maximum Gasteiger partial charge on any atom is -0.00468 e. The van der Waals surface area contributed by atoms with E-state index in [1.54, 1.807) is 0 Å². The summed E-state index contributed by atoms with van der Waals surface area (Å²) in [6.45, 7) is 8.13. The molecule has 0 bridgehead atoms. The van der Waals surface area contributed by atoms with Crippen LogP contribution in [0.4, 0.5) is 0 Å². The van der Waals surface area contributed by atoms with Gasteiger partial charge in [0.25, 0.3) is 0 Å². The number of rotatable bonds is 8. The van der Waals surface area contributed by atoms with Crippen LogP contribution in [0.1, 0.15) is 40.0 Å². The first-order valence-electron chi connectivity index (χ1n) is 5.35. The summed E-state index contributed by atoms with van der Waals surface area (Å²) in [6, 6.07) is 0. The van der Waals surface area contributed by atoms with Crippen LogP contribution in [0.5, 0.6) is 0 Å². The molecule has 13 heavy (non-hydrogen) atoms. The number of hydrogen-bond donors (Lipinski definition) is 1. The maximum atomic E-state index is 3.22. The molecule has 1 N–H and O–H groups in total. The monoisotopic (exact) mass is 203 g/mol. The van der Waals surface area contributed by atoms with Crippen molar-refractivity contribution in [2.45, 2.75) is 40.0 Å². The molecule has 0 aromatic heterocycles. The molecule has 0 aromatic rings. The van der Waals surface area contributed by atoms with Gasteiger partial charge in [-0.3, -0.25) is 0 Å². The van der Waals surface area contributed by atoms with Gasteiger partial charge in [-0.15, -0.1) is 0 Å². The van der Waals surface area contributed by atoms with Crippen LogP contribution in [-0.4, -0.2) is 25.1 Å². The van der Waals surface area contributed by atoms with E-state index in [0.29, 0.717) is 5.41 Å². The van der Waals surface area contributed by atoms with Gasteiger partial charge in [0.05, 0.1) is 0 Å². The first kappa shape index (κ1) is 13.3. The summed E-state index contributed by atoms with van der Waals surface area (Å²) in [5.41, 5.74) is 0.525. The zero-order valence-electron chi connectivity index (χ0n) is 9.65. The number of nitrogens with one attached hydrogen (secondary N) is 1. The van der Waals surface area contributed by atoms with Crippen LogP contribution >= 0.6 is 11.8 Å². The molecule has 0 heterocycles. The Balaban J connectivity index is 3.39. The molecule has 0 atom stereocenters. The summed E-state index contributed by atoms with van der Waals surface area (Å²) in [5.74, 6) is 2.59. The summed E-state index contributed by atoms with van der Waals surface area (Å²) >= 11 is 2.06. The lowest BCUT2D eigenvalue weighted by atomic mass is 9.85. The van der Waals surface area contributed by atoms with Crippen molar-refractivity contribution in [3.8, 4) is 0 Å². The summed E-state index contributed by atoms with van der Waals surface area (Å²) in [6.07, 6.45) is 4.02. The number of thioether (sulfide) groups is 1. The lowest BCUT2D eigenvalue weighted by Crippen LogP contribution is -2.19. The molecule has 1 nitrogen and oxygen atoms in total. The molecule has 0 fully saturated rings. The summed E-state index contributed by atoms with van der Waals surface area (Å²) < 4.78 is 0. The minimum atomic E-state index is 0.525. The minimum Gasteiger partial charge on any atom is -0.320 e. The van der Waals surface area contributed by atoms with Gasteiger partial charge < -0.3 is 5.32 Å². The van der Waals surface area contributed by atoms with Crippen molar-refractivity contribution < 1.29 is 0 Å². The molecule has 0 unspecified atom stereocenters.